The minimum absolute atomic E-state index is 0.389. The van der Waals surface area contributed by atoms with Crippen LogP contribution in [0.1, 0.15) is 13.3 Å². The molecule has 0 aliphatic carbocycles. The molecule has 0 fully saturated rings. The van der Waals surface area contributed by atoms with Crippen molar-refractivity contribution in [3.05, 3.63) is 12.2 Å². The maximum absolute atomic E-state index is 9.89. The number of carboxylic acid groups (broad SMARTS) is 1. The highest BCUT2D eigenvalue weighted by atomic mass is 16.5. The van der Waals surface area contributed by atoms with Crippen LogP contribution in [0.5, 0.6) is 0 Å². The van der Waals surface area contributed by atoms with Gasteiger partial charge in [0.2, 0.25) is 0 Å². The molecule has 1 N–H and O–H groups in total. The third kappa shape index (κ3) is 7.17. The van der Waals surface area contributed by atoms with Crippen LogP contribution < -0.4 is 0 Å². The number of aliphatic carboxylic acids is 1. The van der Waals surface area contributed by atoms with Crippen molar-refractivity contribution >= 4 is 5.97 Å². The minimum Gasteiger partial charge on any atom is -0.478 e. The summed E-state index contributed by atoms with van der Waals surface area (Å²) in [4.78, 5) is 9.89. The maximum atomic E-state index is 9.89. The Hall–Kier alpha value is -0.830. The zero-order chi connectivity index (χ0) is 7.82. The van der Waals surface area contributed by atoms with Crippen LogP contribution in [0.15, 0.2) is 12.2 Å². The van der Waals surface area contributed by atoms with Crippen LogP contribution in [0, 0.1) is 0 Å². The fourth-order valence-electron chi connectivity index (χ4n) is 0.445. The molecule has 0 bridgehead atoms. The van der Waals surface area contributed by atoms with Crippen LogP contribution in [0.3, 0.4) is 0 Å². The molecular formula is C7H12O3. The van der Waals surface area contributed by atoms with Gasteiger partial charge in [0, 0.05) is 12.7 Å². The lowest BCUT2D eigenvalue weighted by Crippen LogP contribution is -1.93. The lowest BCUT2D eigenvalue weighted by atomic mass is 10.5. The van der Waals surface area contributed by atoms with Crippen molar-refractivity contribution in [3.63, 3.8) is 0 Å². The Kier molecular flexibility index (Phi) is 5.77. The van der Waals surface area contributed by atoms with Gasteiger partial charge in [-0.05, 0) is 6.42 Å². The first-order valence-corrected chi connectivity index (χ1v) is 3.24. The molecule has 0 heterocycles. The largest absolute Gasteiger partial charge is 0.478 e. The van der Waals surface area contributed by atoms with E-state index in [9.17, 15) is 4.79 Å². The van der Waals surface area contributed by atoms with E-state index in [2.05, 4.69) is 0 Å². The molecule has 0 atom stereocenters. The van der Waals surface area contributed by atoms with E-state index in [1.165, 1.54) is 6.08 Å². The Bertz CT molecular complexity index is 118. The van der Waals surface area contributed by atoms with Crippen molar-refractivity contribution < 1.29 is 14.6 Å². The number of ether oxygens (including phenoxy) is 1. The second-order valence-electron chi connectivity index (χ2n) is 1.82. The Morgan fingerprint density at radius 2 is 2.40 bits per heavy atom. The lowest BCUT2D eigenvalue weighted by molar-refractivity contribution is -0.131. The Labute approximate surface area is 60.3 Å². The van der Waals surface area contributed by atoms with Gasteiger partial charge in [0.1, 0.15) is 0 Å². The van der Waals surface area contributed by atoms with Crippen molar-refractivity contribution in [3.8, 4) is 0 Å². The predicted molar refractivity (Wildman–Crippen MR) is 37.9 cm³/mol. The highest BCUT2D eigenvalue weighted by Gasteiger charge is 1.83. The summed E-state index contributed by atoms with van der Waals surface area (Å²) in [5.41, 5.74) is 0. The summed E-state index contributed by atoms with van der Waals surface area (Å²) < 4.78 is 4.98. The zero-order valence-electron chi connectivity index (χ0n) is 6.04. The monoisotopic (exact) mass is 144 g/mol. The van der Waals surface area contributed by atoms with Gasteiger partial charge in [-0.2, -0.15) is 0 Å². The Morgan fingerprint density at radius 1 is 1.70 bits per heavy atom. The highest BCUT2D eigenvalue weighted by Crippen LogP contribution is 1.81. The molecule has 0 aromatic rings. The minimum atomic E-state index is -0.930. The molecule has 0 rings (SSSR count). The van der Waals surface area contributed by atoms with Gasteiger partial charge in [0.25, 0.3) is 0 Å². The molecule has 58 valence electrons. The van der Waals surface area contributed by atoms with E-state index in [0.717, 1.165) is 12.5 Å². The van der Waals surface area contributed by atoms with Gasteiger partial charge in [0.05, 0.1) is 6.61 Å². The number of carboxylic acids is 1. The van der Waals surface area contributed by atoms with E-state index in [-0.39, 0.29) is 0 Å². The lowest BCUT2D eigenvalue weighted by Gasteiger charge is -1.94. The second kappa shape index (κ2) is 6.29. The van der Waals surface area contributed by atoms with Crippen molar-refractivity contribution in [1.82, 2.24) is 0 Å². The van der Waals surface area contributed by atoms with E-state index in [0.29, 0.717) is 13.2 Å². The molecule has 0 amide bonds. The zero-order valence-corrected chi connectivity index (χ0v) is 6.04. The van der Waals surface area contributed by atoms with Crippen LogP contribution in [0.25, 0.3) is 0 Å². The van der Waals surface area contributed by atoms with Gasteiger partial charge in [-0.25, -0.2) is 4.79 Å². The summed E-state index contributed by atoms with van der Waals surface area (Å²) in [6, 6.07) is 0. The third-order valence-electron chi connectivity index (χ3n) is 0.823. The van der Waals surface area contributed by atoms with Crippen molar-refractivity contribution in [2.24, 2.45) is 0 Å². The Balaban J connectivity index is 3.10. The SMILES string of the molecule is CCCOCC=CC(=O)O. The standard InChI is InChI=1S/C7H12O3/c1-2-5-10-6-3-4-7(8)9/h3-4H,2,5-6H2,1H3,(H,8,9). The number of hydrogen-bond acceptors (Lipinski definition) is 2. The molecule has 0 aromatic carbocycles. The number of rotatable bonds is 5. The van der Waals surface area contributed by atoms with Crippen LogP contribution in [0.4, 0.5) is 0 Å². The van der Waals surface area contributed by atoms with Crippen molar-refractivity contribution in [2.45, 2.75) is 13.3 Å². The van der Waals surface area contributed by atoms with Gasteiger partial charge in [-0.1, -0.05) is 13.0 Å². The molecule has 10 heavy (non-hydrogen) atoms. The molecule has 0 aliphatic heterocycles. The molecule has 0 aliphatic rings. The van der Waals surface area contributed by atoms with E-state index in [1.807, 2.05) is 6.92 Å². The van der Waals surface area contributed by atoms with Gasteiger partial charge in [-0.3, -0.25) is 0 Å². The fraction of sp³-hybridized carbons (Fsp3) is 0.571. The smallest absolute Gasteiger partial charge is 0.328 e. The van der Waals surface area contributed by atoms with Gasteiger partial charge in [-0.15, -0.1) is 0 Å². The maximum Gasteiger partial charge on any atom is 0.328 e. The van der Waals surface area contributed by atoms with E-state index >= 15 is 0 Å². The quantitative estimate of drug-likeness (QED) is 0.463. The summed E-state index contributed by atoms with van der Waals surface area (Å²) >= 11 is 0. The number of hydrogen-bond donors (Lipinski definition) is 1. The normalized spacial score (nSPS) is 10.5. The van der Waals surface area contributed by atoms with Crippen LogP contribution in [0.2, 0.25) is 0 Å². The Morgan fingerprint density at radius 3 is 2.90 bits per heavy atom. The number of carbonyl (C=O) groups is 1. The van der Waals surface area contributed by atoms with Gasteiger partial charge < -0.3 is 9.84 Å². The third-order valence-corrected chi connectivity index (χ3v) is 0.823. The van der Waals surface area contributed by atoms with E-state index in [1.54, 1.807) is 0 Å². The van der Waals surface area contributed by atoms with Crippen molar-refractivity contribution in [2.75, 3.05) is 13.2 Å². The van der Waals surface area contributed by atoms with Crippen LogP contribution >= 0.6 is 0 Å². The molecule has 0 radical (unpaired) electrons. The summed E-state index contributed by atoms with van der Waals surface area (Å²) in [6.45, 7) is 3.07. The molecule has 0 spiro atoms. The molecule has 3 nitrogen and oxygen atoms in total. The average Bonchev–Trinajstić information content (AvgIpc) is 1.87. The van der Waals surface area contributed by atoms with Crippen LogP contribution in [-0.4, -0.2) is 24.3 Å². The molecular weight excluding hydrogens is 132 g/mol. The summed E-state index contributed by atoms with van der Waals surface area (Å²) in [5, 5.41) is 8.13. The molecule has 0 aromatic heterocycles. The van der Waals surface area contributed by atoms with Crippen molar-refractivity contribution in [1.29, 1.82) is 0 Å². The highest BCUT2D eigenvalue weighted by molar-refractivity contribution is 5.79. The summed E-state index contributed by atoms with van der Waals surface area (Å²) in [6.07, 6.45) is 3.52. The first-order valence-electron chi connectivity index (χ1n) is 3.24. The average molecular weight is 144 g/mol. The molecule has 3 heteroatoms. The molecule has 0 unspecified atom stereocenters. The predicted octanol–water partition coefficient (Wildman–Crippen LogP) is 1.05. The summed E-state index contributed by atoms with van der Waals surface area (Å²) in [7, 11) is 0. The topological polar surface area (TPSA) is 46.5 Å². The first kappa shape index (κ1) is 9.17. The van der Waals surface area contributed by atoms with E-state index in [4.69, 9.17) is 9.84 Å². The second-order valence-corrected chi connectivity index (χ2v) is 1.82. The van der Waals surface area contributed by atoms with Gasteiger partial charge in [0.15, 0.2) is 0 Å². The van der Waals surface area contributed by atoms with Crippen LogP contribution in [-0.2, 0) is 9.53 Å². The molecule has 0 saturated carbocycles. The molecule has 0 saturated heterocycles. The van der Waals surface area contributed by atoms with Gasteiger partial charge >= 0.3 is 5.97 Å². The fourth-order valence-corrected chi connectivity index (χ4v) is 0.445. The summed E-state index contributed by atoms with van der Waals surface area (Å²) in [5.74, 6) is -0.930. The van der Waals surface area contributed by atoms with E-state index < -0.39 is 5.97 Å². The first-order chi connectivity index (χ1) is 4.77.